The zero-order chi connectivity index (χ0) is 15.6. The highest BCUT2D eigenvalue weighted by Gasteiger charge is 2.15. The number of hydrogen-bond acceptors (Lipinski definition) is 2. The third kappa shape index (κ3) is 2.53. The lowest BCUT2D eigenvalue weighted by molar-refractivity contribution is -0.498. The minimum absolute atomic E-state index is 0.662. The molecule has 0 radical (unpaired) electrons. The molecule has 2 aromatic carbocycles. The minimum atomic E-state index is 0.662. The van der Waals surface area contributed by atoms with E-state index in [9.17, 15) is 0 Å². The van der Waals surface area contributed by atoms with Crippen LogP contribution in [-0.4, -0.2) is 9.97 Å². The lowest BCUT2D eigenvalue weighted by Gasteiger charge is -2.08. The summed E-state index contributed by atoms with van der Waals surface area (Å²) in [6.45, 7) is 0. The van der Waals surface area contributed by atoms with Crippen LogP contribution in [0.4, 0.5) is 11.5 Å². The highest BCUT2D eigenvalue weighted by molar-refractivity contribution is 6.33. The van der Waals surface area contributed by atoms with Crippen molar-refractivity contribution in [3.8, 4) is 11.3 Å². The maximum Gasteiger partial charge on any atom is 0.247 e. The highest BCUT2D eigenvalue weighted by atomic mass is 35.5. The number of nitrogens with zero attached hydrogens (tertiary/aromatic N) is 2. The van der Waals surface area contributed by atoms with Crippen LogP contribution in [0.25, 0.3) is 16.8 Å². The fraction of sp³-hybridized carbons (Fsp3) is 0. The summed E-state index contributed by atoms with van der Waals surface area (Å²) in [6.07, 6.45) is 5.69. The summed E-state index contributed by atoms with van der Waals surface area (Å²) in [4.78, 5) is 7.72. The van der Waals surface area contributed by atoms with E-state index >= 15 is 0 Å². The van der Waals surface area contributed by atoms with Crippen LogP contribution in [0.15, 0.2) is 73.3 Å². The molecule has 2 N–H and O–H groups in total. The van der Waals surface area contributed by atoms with Gasteiger partial charge in [0.1, 0.15) is 6.20 Å². The number of anilines is 2. The molecular weight excluding hydrogens is 308 g/mol. The minimum Gasteiger partial charge on any atom is -0.335 e. The Hall–Kier alpha value is -2.85. The van der Waals surface area contributed by atoms with Crippen LogP contribution < -0.4 is 9.72 Å². The molecule has 0 aliphatic carbocycles. The molecule has 0 aliphatic heterocycles. The first-order valence-corrected chi connectivity index (χ1v) is 7.65. The SMILES string of the molecule is Clc1ccccc1Nc1ncc(-c2ccccc2)[n+]2c[nH]cc12. The van der Waals surface area contributed by atoms with Crippen LogP contribution in [-0.2, 0) is 0 Å². The highest BCUT2D eigenvalue weighted by Crippen LogP contribution is 2.26. The van der Waals surface area contributed by atoms with Gasteiger partial charge in [-0.25, -0.2) is 9.97 Å². The maximum atomic E-state index is 6.22. The Morgan fingerprint density at radius 3 is 2.61 bits per heavy atom. The third-order valence-corrected chi connectivity index (χ3v) is 4.03. The van der Waals surface area contributed by atoms with Gasteiger partial charge in [-0.05, 0) is 12.1 Å². The Bertz CT molecular complexity index is 963. The lowest BCUT2D eigenvalue weighted by Crippen LogP contribution is -2.23. The molecule has 4 nitrogen and oxygen atoms in total. The van der Waals surface area contributed by atoms with Crippen molar-refractivity contribution >= 4 is 28.6 Å². The average Bonchev–Trinajstić information content (AvgIpc) is 3.08. The zero-order valence-corrected chi connectivity index (χ0v) is 13.0. The number of aromatic amines is 1. The molecular formula is C18H14ClN4+. The van der Waals surface area contributed by atoms with E-state index in [1.54, 1.807) is 0 Å². The van der Waals surface area contributed by atoms with Crippen molar-refractivity contribution in [1.29, 1.82) is 0 Å². The van der Waals surface area contributed by atoms with Gasteiger partial charge in [0.25, 0.3) is 0 Å². The lowest BCUT2D eigenvalue weighted by atomic mass is 10.1. The summed E-state index contributed by atoms with van der Waals surface area (Å²) in [7, 11) is 0. The van der Waals surface area contributed by atoms with E-state index in [1.807, 2.05) is 61.2 Å². The molecule has 0 aliphatic rings. The number of rotatable bonds is 3. The van der Waals surface area contributed by atoms with Gasteiger partial charge >= 0.3 is 0 Å². The van der Waals surface area contributed by atoms with Crippen molar-refractivity contribution in [1.82, 2.24) is 9.97 Å². The van der Waals surface area contributed by atoms with Crippen molar-refractivity contribution in [2.75, 3.05) is 5.32 Å². The van der Waals surface area contributed by atoms with Gasteiger partial charge in [0, 0.05) is 5.56 Å². The number of aromatic nitrogens is 3. The molecule has 0 atom stereocenters. The Morgan fingerprint density at radius 2 is 1.78 bits per heavy atom. The predicted molar refractivity (Wildman–Crippen MR) is 91.9 cm³/mol. The van der Waals surface area contributed by atoms with Gasteiger partial charge in [-0.15, -0.1) is 0 Å². The predicted octanol–water partition coefficient (Wildman–Crippen LogP) is 4.21. The van der Waals surface area contributed by atoms with Gasteiger partial charge in [0.2, 0.25) is 11.8 Å². The van der Waals surface area contributed by atoms with Gasteiger partial charge in [-0.1, -0.05) is 54.1 Å². The first kappa shape index (κ1) is 13.8. The number of H-pyrrole nitrogens is 1. The van der Waals surface area contributed by atoms with E-state index in [0.29, 0.717) is 5.02 Å². The van der Waals surface area contributed by atoms with Crippen molar-refractivity contribution < 1.29 is 4.40 Å². The summed E-state index contributed by atoms with van der Waals surface area (Å²) < 4.78 is 2.07. The van der Waals surface area contributed by atoms with Crippen molar-refractivity contribution in [3.05, 3.63) is 78.3 Å². The molecule has 0 saturated carbocycles. The number of nitrogens with one attached hydrogen (secondary N) is 2. The van der Waals surface area contributed by atoms with E-state index in [-0.39, 0.29) is 0 Å². The van der Waals surface area contributed by atoms with Gasteiger partial charge in [0.05, 0.1) is 16.9 Å². The molecule has 23 heavy (non-hydrogen) atoms. The molecule has 4 rings (SSSR count). The molecule has 2 aromatic heterocycles. The quantitative estimate of drug-likeness (QED) is 0.555. The van der Waals surface area contributed by atoms with E-state index < -0.39 is 0 Å². The molecule has 0 amide bonds. The van der Waals surface area contributed by atoms with E-state index in [4.69, 9.17) is 11.6 Å². The second kappa shape index (κ2) is 5.74. The van der Waals surface area contributed by atoms with Crippen LogP contribution in [0.2, 0.25) is 5.02 Å². The number of benzene rings is 2. The first-order valence-electron chi connectivity index (χ1n) is 7.27. The normalized spacial score (nSPS) is 10.8. The van der Waals surface area contributed by atoms with E-state index in [0.717, 1.165) is 28.3 Å². The second-order valence-corrected chi connectivity index (χ2v) is 5.57. The first-order chi connectivity index (χ1) is 11.3. The molecule has 0 saturated heterocycles. The van der Waals surface area contributed by atoms with Crippen molar-refractivity contribution in [3.63, 3.8) is 0 Å². The molecule has 2 heterocycles. The summed E-state index contributed by atoms with van der Waals surface area (Å²) in [5.74, 6) is 0.749. The van der Waals surface area contributed by atoms with Crippen LogP contribution in [0.1, 0.15) is 0 Å². The van der Waals surface area contributed by atoms with Gasteiger partial charge < -0.3 is 5.32 Å². The van der Waals surface area contributed by atoms with Crippen LogP contribution in [0, 0.1) is 0 Å². The molecule has 4 aromatic rings. The van der Waals surface area contributed by atoms with Crippen molar-refractivity contribution in [2.24, 2.45) is 0 Å². The Kier molecular flexibility index (Phi) is 3.44. The Labute approximate surface area is 138 Å². The number of para-hydroxylation sites is 1. The van der Waals surface area contributed by atoms with Crippen LogP contribution in [0.5, 0.6) is 0 Å². The smallest absolute Gasteiger partial charge is 0.247 e. The third-order valence-electron chi connectivity index (χ3n) is 3.70. The van der Waals surface area contributed by atoms with Crippen molar-refractivity contribution in [2.45, 2.75) is 0 Å². The van der Waals surface area contributed by atoms with Crippen LogP contribution >= 0.6 is 11.6 Å². The Balaban J connectivity index is 1.82. The summed E-state index contributed by atoms with van der Waals surface area (Å²) in [6, 6.07) is 17.8. The topological polar surface area (TPSA) is 44.8 Å². The monoisotopic (exact) mass is 321 g/mol. The molecule has 5 heteroatoms. The number of imidazole rings is 1. The summed E-state index contributed by atoms with van der Waals surface area (Å²) in [5.41, 5.74) is 3.91. The van der Waals surface area contributed by atoms with Gasteiger partial charge in [0.15, 0.2) is 11.5 Å². The standard InChI is InChI=1S/C18H13ClN4/c19-14-8-4-5-9-15(14)22-18-17-10-20-12-23(17)16(11-21-18)13-6-2-1-3-7-13/h1-12H,(H,21,22)/p+1. The van der Waals surface area contributed by atoms with Crippen LogP contribution in [0.3, 0.4) is 0 Å². The molecule has 0 fully saturated rings. The van der Waals surface area contributed by atoms with E-state index in [2.05, 4.69) is 31.8 Å². The number of fused-ring (bicyclic) bond motifs is 1. The number of halogens is 1. The molecule has 0 spiro atoms. The molecule has 112 valence electrons. The fourth-order valence-corrected chi connectivity index (χ4v) is 2.76. The summed E-state index contributed by atoms with van der Waals surface area (Å²) >= 11 is 6.22. The molecule has 0 unspecified atom stereocenters. The summed E-state index contributed by atoms with van der Waals surface area (Å²) in [5, 5.41) is 3.96. The molecule has 0 bridgehead atoms. The maximum absolute atomic E-state index is 6.22. The fourth-order valence-electron chi connectivity index (χ4n) is 2.57. The zero-order valence-electron chi connectivity index (χ0n) is 12.2. The number of hydrogen-bond donors (Lipinski definition) is 2. The second-order valence-electron chi connectivity index (χ2n) is 5.16. The average molecular weight is 322 g/mol. The van der Waals surface area contributed by atoms with Gasteiger partial charge in [-0.3, -0.25) is 0 Å². The largest absolute Gasteiger partial charge is 0.335 e. The van der Waals surface area contributed by atoms with Gasteiger partial charge in [-0.2, -0.15) is 4.40 Å². The Morgan fingerprint density at radius 1 is 1.00 bits per heavy atom. The van der Waals surface area contributed by atoms with E-state index in [1.165, 1.54) is 0 Å².